The number of allylic oxidation sites excluding steroid dienone is 1. The third-order valence-corrected chi connectivity index (χ3v) is 7.97. The second-order valence-corrected chi connectivity index (χ2v) is 9.24. The molecule has 0 amide bonds. The molecule has 1 spiro atoms. The monoisotopic (exact) mass is 358 g/mol. The van der Waals surface area contributed by atoms with Crippen LogP contribution in [0.1, 0.15) is 46.0 Å². The Morgan fingerprint density at radius 3 is 2.73 bits per heavy atom. The molecule has 6 rings (SSSR count). The fourth-order valence-corrected chi connectivity index (χ4v) is 6.94. The zero-order valence-electron chi connectivity index (χ0n) is 15.4. The molecule has 2 bridgehead atoms. The highest BCUT2D eigenvalue weighted by Gasteiger charge is 2.66. The Balaban J connectivity index is 1.48. The molecule has 3 saturated carbocycles. The van der Waals surface area contributed by atoms with Crippen LogP contribution in [0.25, 0.3) is 0 Å². The fraction of sp³-hybridized carbons (Fsp3) is 0.762. The van der Waals surface area contributed by atoms with Gasteiger partial charge in [-0.25, -0.2) is 0 Å². The molecule has 0 aromatic carbocycles. The van der Waals surface area contributed by atoms with Gasteiger partial charge in [0.15, 0.2) is 5.78 Å². The summed E-state index contributed by atoms with van der Waals surface area (Å²) in [5.41, 5.74) is -0.894. The number of rotatable bonds is 1. The summed E-state index contributed by atoms with van der Waals surface area (Å²) in [6.07, 6.45) is 8.01. The van der Waals surface area contributed by atoms with Crippen molar-refractivity contribution in [1.82, 2.24) is 0 Å². The topological polar surface area (TPSA) is 69.7 Å². The summed E-state index contributed by atoms with van der Waals surface area (Å²) in [6, 6.07) is 0. The Labute approximate surface area is 153 Å². The maximum absolute atomic E-state index is 12.9. The van der Waals surface area contributed by atoms with Crippen LogP contribution in [0.5, 0.6) is 0 Å². The molecule has 1 unspecified atom stereocenters. The highest BCUT2D eigenvalue weighted by molar-refractivity contribution is 6.07. The third kappa shape index (κ3) is 2.06. The summed E-state index contributed by atoms with van der Waals surface area (Å²) in [6.45, 7) is 3.61. The molecule has 6 aliphatic rings. The van der Waals surface area contributed by atoms with Gasteiger partial charge in [-0.1, -0.05) is 19.1 Å². The van der Waals surface area contributed by atoms with Crippen LogP contribution in [0.2, 0.25) is 0 Å². The molecule has 26 heavy (non-hydrogen) atoms. The van der Waals surface area contributed by atoms with Gasteiger partial charge >= 0.3 is 11.9 Å². The van der Waals surface area contributed by atoms with E-state index in [9.17, 15) is 14.4 Å². The van der Waals surface area contributed by atoms with E-state index in [4.69, 9.17) is 9.47 Å². The lowest BCUT2D eigenvalue weighted by Gasteiger charge is -2.56. The SMILES string of the molecule is CC(=O)O[C@@H]1[C@H]2C=C[C@H]3CC4C[C@H]5CC(=O)[C@]4(C[C@H]3[C@@H]2C[C@H]1C)C(=O)O5. The summed E-state index contributed by atoms with van der Waals surface area (Å²) in [5.74, 6) is 1.37. The lowest BCUT2D eigenvalue weighted by atomic mass is 9.49. The number of Topliss-reactive ketones (excluding diaryl/α,β-unsaturated/α-hetero) is 1. The van der Waals surface area contributed by atoms with Gasteiger partial charge in [0.2, 0.25) is 0 Å². The van der Waals surface area contributed by atoms with E-state index in [-0.39, 0.29) is 41.8 Å². The summed E-state index contributed by atoms with van der Waals surface area (Å²) in [5, 5.41) is 0. The van der Waals surface area contributed by atoms with Crippen LogP contribution in [0.3, 0.4) is 0 Å². The second kappa shape index (κ2) is 5.43. The van der Waals surface area contributed by atoms with E-state index in [1.165, 1.54) is 6.92 Å². The van der Waals surface area contributed by atoms with Crippen molar-refractivity contribution >= 4 is 17.7 Å². The summed E-state index contributed by atoms with van der Waals surface area (Å²) >= 11 is 0. The number of esters is 2. The Morgan fingerprint density at radius 1 is 1.19 bits per heavy atom. The Morgan fingerprint density at radius 2 is 2.00 bits per heavy atom. The molecule has 9 atom stereocenters. The van der Waals surface area contributed by atoms with Gasteiger partial charge in [-0.15, -0.1) is 0 Å². The first-order valence-corrected chi connectivity index (χ1v) is 10.00. The fourth-order valence-electron chi connectivity index (χ4n) is 6.94. The molecule has 2 saturated heterocycles. The molecule has 140 valence electrons. The van der Waals surface area contributed by atoms with Crippen LogP contribution in [0, 0.1) is 40.9 Å². The number of ether oxygens (including phenoxy) is 2. The molecule has 0 radical (unpaired) electrons. The number of ketones is 1. The lowest BCUT2D eigenvalue weighted by molar-refractivity contribution is -0.202. The molecule has 0 N–H and O–H groups in total. The van der Waals surface area contributed by atoms with Gasteiger partial charge in [0.25, 0.3) is 0 Å². The zero-order chi connectivity index (χ0) is 18.2. The molecule has 4 aliphatic carbocycles. The van der Waals surface area contributed by atoms with Crippen molar-refractivity contribution in [2.45, 2.75) is 58.2 Å². The Kier molecular flexibility index (Phi) is 3.45. The maximum Gasteiger partial charge on any atom is 0.320 e. The first-order valence-electron chi connectivity index (χ1n) is 10.00. The standard InChI is InChI=1S/C21H26O5/c1-10-5-16-15(19(10)25-11(2)22)4-3-12-6-13-7-14-8-18(23)21(13,9-17(12)16)20(24)26-14/h3-4,10,12-17,19H,5-9H2,1-2H3/t10-,12+,13?,14+,15+,16-,17-,19+,21-/m1/s1. The minimum absolute atomic E-state index is 0.0883. The number of hydrogen-bond donors (Lipinski definition) is 0. The van der Waals surface area contributed by atoms with Gasteiger partial charge in [0.05, 0.1) is 0 Å². The zero-order valence-corrected chi connectivity index (χ0v) is 15.4. The van der Waals surface area contributed by atoms with Crippen molar-refractivity contribution in [2.24, 2.45) is 40.9 Å². The average Bonchev–Trinajstić information content (AvgIpc) is 2.88. The predicted molar refractivity (Wildman–Crippen MR) is 91.7 cm³/mol. The van der Waals surface area contributed by atoms with Crippen molar-refractivity contribution < 1.29 is 23.9 Å². The first-order chi connectivity index (χ1) is 12.4. The second-order valence-electron chi connectivity index (χ2n) is 9.24. The van der Waals surface area contributed by atoms with Gasteiger partial charge in [-0.05, 0) is 55.3 Å². The largest absolute Gasteiger partial charge is 0.462 e. The number of fused-ring (bicyclic) bond motifs is 5. The van der Waals surface area contributed by atoms with Crippen LogP contribution in [-0.2, 0) is 23.9 Å². The number of hydrogen-bond acceptors (Lipinski definition) is 5. The van der Waals surface area contributed by atoms with Gasteiger partial charge in [0.1, 0.15) is 17.6 Å². The van der Waals surface area contributed by atoms with E-state index in [0.29, 0.717) is 36.5 Å². The number of carbonyl (C=O) groups excluding carboxylic acids is 3. The third-order valence-electron chi connectivity index (χ3n) is 7.97. The quantitative estimate of drug-likeness (QED) is 0.409. The molecule has 2 aliphatic heterocycles. The normalized spacial score (nSPS) is 51.3. The minimum atomic E-state index is -0.894. The minimum Gasteiger partial charge on any atom is -0.462 e. The number of carbonyl (C=O) groups is 3. The van der Waals surface area contributed by atoms with Crippen molar-refractivity contribution in [2.75, 3.05) is 0 Å². The van der Waals surface area contributed by atoms with Crippen molar-refractivity contribution in [3.8, 4) is 0 Å². The summed E-state index contributed by atoms with van der Waals surface area (Å²) in [7, 11) is 0. The van der Waals surface area contributed by atoms with Crippen LogP contribution >= 0.6 is 0 Å². The van der Waals surface area contributed by atoms with E-state index in [1.54, 1.807) is 0 Å². The van der Waals surface area contributed by atoms with Crippen LogP contribution < -0.4 is 0 Å². The van der Waals surface area contributed by atoms with Gasteiger partial charge in [-0.3, -0.25) is 14.4 Å². The van der Waals surface area contributed by atoms with Crippen molar-refractivity contribution in [3.05, 3.63) is 12.2 Å². The van der Waals surface area contributed by atoms with Crippen molar-refractivity contribution in [1.29, 1.82) is 0 Å². The summed E-state index contributed by atoms with van der Waals surface area (Å²) < 4.78 is 11.2. The first kappa shape index (κ1) is 16.5. The molecule has 5 nitrogen and oxygen atoms in total. The van der Waals surface area contributed by atoms with E-state index in [0.717, 1.165) is 19.3 Å². The molecular formula is C21H26O5. The average molecular weight is 358 g/mol. The van der Waals surface area contributed by atoms with Crippen LogP contribution in [-0.4, -0.2) is 29.9 Å². The van der Waals surface area contributed by atoms with Gasteiger partial charge in [0, 0.05) is 19.3 Å². The maximum atomic E-state index is 12.9. The van der Waals surface area contributed by atoms with E-state index in [1.807, 2.05) is 0 Å². The van der Waals surface area contributed by atoms with Crippen LogP contribution in [0.4, 0.5) is 0 Å². The Hall–Kier alpha value is -1.65. The molecule has 5 heteroatoms. The van der Waals surface area contributed by atoms with E-state index in [2.05, 4.69) is 19.1 Å². The lowest BCUT2D eigenvalue weighted by Crippen LogP contribution is -2.62. The van der Waals surface area contributed by atoms with Gasteiger partial charge < -0.3 is 9.47 Å². The molecular weight excluding hydrogens is 332 g/mol. The molecule has 2 heterocycles. The summed E-state index contributed by atoms with van der Waals surface area (Å²) in [4.78, 5) is 37.1. The molecule has 0 aromatic rings. The predicted octanol–water partition coefficient (Wildman–Crippen LogP) is 2.68. The smallest absolute Gasteiger partial charge is 0.320 e. The van der Waals surface area contributed by atoms with E-state index >= 15 is 0 Å². The highest BCUT2D eigenvalue weighted by Crippen LogP contribution is 2.61. The van der Waals surface area contributed by atoms with E-state index < -0.39 is 5.41 Å². The molecule has 5 fully saturated rings. The molecule has 0 aromatic heterocycles. The van der Waals surface area contributed by atoms with Gasteiger partial charge in [-0.2, -0.15) is 0 Å². The highest BCUT2D eigenvalue weighted by atomic mass is 16.6. The van der Waals surface area contributed by atoms with Crippen LogP contribution in [0.15, 0.2) is 12.2 Å². The van der Waals surface area contributed by atoms with Crippen molar-refractivity contribution in [3.63, 3.8) is 0 Å². The Bertz CT molecular complexity index is 691.